The van der Waals surface area contributed by atoms with E-state index in [1.165, 1.54) is 6.42 Å². The Morgan fingerprint density at radius 1 is 1.45 bits per heavy atom. The zero-order valence-electron chi connectivity index (χ0n) is 11.7. The molecule has 0 radical (unpaired) electrons. The Labute approximate surface area is 128 Å². The van der Waals surface area contributed by atoms with Crippen molar-refractivity contribution < 1.29 is 9.13 Å². The molecule has 1 N–H and O–H groups in total. The molecule has 1 aromatic rings. The topological polar surface area (TPSA) is 21.3 Å². The molecule has 0 aliphatic carbocycles. The lowest BCUT2D eigenvalue weighted by atomic mass is 9.81. The molecule has 0 saturated carbocycles. The van der Waals surface area contributed by atoms with Gasteiger partial charge in [0.1, 0.15) is 5.82 Å². The van der Waals surface area contributed by atoms with Crippen LogP contribution in [-0.2, 0) is 4.74 Å². The van der Waals surface area contributed by atoms with Gasteiger partial charge >= 0.3 is 0 Å². The number of benzene rings is 1. The van der Waals surface area contributed by atoms with E-state index >= 15 is 0 Å². The van der Waals surface area contributed by atoms with E-state index in [2.05, 4.69) is 28.2 Å². The predicted molar refractivity (Wildman–Crippen MR) is 81.1 cm³/mol. The molecule has 0 aromatic heterocycles. The lowest BCUT2D eigenvalue weighted by molar-refractivity contribution is 0.0854. The maximum Gasteiger partial charge on any atom is 0.142 e. The summed E-state index contributed by atoms with van der Waals surface area (Å²) in [7, 11) is 0. The van der Waals surface area contributed by atoms with Gasteiger partial charge in [-0.2, -0.15) is 0 Å². The lowest BCUT2D eigenvalue weighted by Gasteiger charge is -2.30. The maximum atomic E-state index is 14.4. The summed E-state index contributed by atoms with van der Waals surface area (Å²) in [6, 6.07) is 5.63. The van der Waals surface area contributed by atoms with Gasteiger partial charge in [-0.15, -0.1) is 0 Å². The summed E-state index contributed by atoms with van der Waals surface area (Å²) >= 11 is 3.30. The van der Waals surface area contributed by atoms with Crippen molar-refractivity contribution in [2.75, 3.05) is 6.54 Å². The summed E-state index contributed by atoms with van der Waals surface area (Å²) in [5, 5.41) is 3.54. The monoisotopic (exact) mass is 341 g/mol. The van der Waals surface area contributed by atoms with Gasteiger partial charge in [0.2, 0.25) is 0 Å². The summed E-state index contributed by atoms with van der Waals surface area (Å²) in [4.78, 5) is 0. The maximum absolute atomic E-state index is 14.4. The molecule has 0 amide bonds. The van der Waals surface area contributed by atoms with E-state index in [9.17, 15) is 4.39 Å². The molecule has 4 heteroatoms. The minimum Gasteiger partial charge on any atom is -0.375 e. The van der Waals surface area contributed by atoms with Crippen LogP contribution in [0.15, 0.2) is 22.7 Å². The molecule has 1 aromatic carbocycles. The second-order valence-corrected chi connectivity index (χ2v) is 6.70. The van der Waals surface area contributed by atoms with Crippen molar-refractivity contribution in [2.45, 2.75) is 50.9 Å². The number of hydrogen-bond donors (Lipinski definition) is 1. The predicted octanol–water partition coefficient (Wildman–Crippen LogP) is 4.20. The van der Waals surface area contributed by atoms with E-state index in [1.807, 2.05) is 12.1 Å². The molecule has 2 aliphatic heterocycles. The molecule has 2 saturated heterocycles. The van der Waals surface area contributed by atoms with E-state index < -0.39 is 0 Å². The van der Waals surface area contributed by atoms with Crippen molar-refractivity contribution in [1.82, 2.24) is 5.32 Å². The van der Waals surface area contributed by atoms with E-state index in [1.54, 1.807) is 6.07 Å². The van der Waals surface area contributed by atoms with E-state index in [0.717, 1.165) is 31.4 Å². The van der Waals surface area contributed by atoms with E-state index in [-0.39, 0.29) is 11.9 Å². The standard InChI is InChI=1S/C16H21BrFNO/c1-2-8-19-16(11-4-3-5-13(17)15(11)18)12-9-10-6-7-14(12)20-10/h3-5,10,12,14,16,19H,2,6-9H2,1H3. The quantitative estimate of drug-likeness (QED) is 0.866. The number of fused-ring (bicyclic) bond motifs is 2. The molecule has 2 nitrogen and oxygen atoms in total. The van der Waals surface area contributed by atoms with Gasteiger partial charge < -0.3 is 10.1 Å². The second kappa shape index (κ2) is 6.12. The average Bonchev–Trinajstić information content (AvgIpc) is 3.06. The van der Waals surface area contributed by atoms with Gasteiger partial charge in [-0.1, -0.05) is 19.1 Å². The zero-order valence-corrected chi connectivity index (χ0v) is 13.3. The molecular weight excluding hydrogens is 321 g/mol. The van der Waals surface area contributed by atoms with Crippen molar-refractivity contribution in [2.24, 2.45) is 5.92 Å². The number of ether oxygens (including phenoxy) is 1. The Morgan fingerprint density at radius 3 is 2.95 bits per heavy atom. The van der Waals surface area contributed by atoms with Crippen LogP contribution in [0.3, 0.4) is 0 Å². The van der Waals surface area contributed by atoms with Gasteiger partial charge in [-0.3, -0.25) is 0 Å². The van der Waals surface area contributed by atoms with Crippen molar-refractivity contribution in [3.05, 3.63) is 34.1 Å². The van der Waals surface area contributed by atoms with Crippen LogP contribution in [0.1, 0.15) is 44.2 Å². The Balaban J connectivity index is 1.87. The summed E-state index contributed by atoms with van der Waals surface area (Å²) in [6.07, 6.45) is 5.09. The molecule has 110 valence electrons. The SMILES string of the molecule is CCCNC(c1cccc(Br)c1F)C1CC2CCC1O2. The minimum absolute atomic E-state index is 0.0581. The van der Waals surface area contributed by atoms with Crippen LogP contribution >= 0.6 is 15.9 Å². The summed E-state index contributed by atoms with van der Waals surface area (Å²) < 4.78 is 21.0. The largest absolute Gasteiger partial charge is 0.375 e. The van der Waals surface area contributed by atoms with Crippen LogP contribution in [-0.4, -0.2) is 18.8 Å². The highest BCUT2D eigenvalue weighted by Gasteiger charge is 2.45. The molecule has 4 unspecified atom stereocenters. The third kappa shape index (κ3) is 2.66. The Morgan fingerprint density at radius 2 is 2.30 bits per heavy atom. The van der Waals surface area contributed by atoms with E-state index in [4.69, 9.17) is 4.74 Å². The summed E-state index contributed by atoms with van der Waals surface area (Å²) in [6.45, 7) is 3.04. The average molecular weight is 342 g/mol. The van der Waals surface area contributed by atoms with Crippen molar-refractivity contribution in [3.63, 3.8) is 0 Å². The fourth-order valence-corrected chi connectivity index (χ4v) is 3.96. The number of halogens is 2. The minimum atomic E-state index is -0.135. The van der Waals surface area contributed by atoms with Gasteiger partial charge in [-0.25, -0.2) is 4.39 Å². The van der Waals surface area contributed by atoms with Crippen LogP contribution in [0.25, 0.3) is 0 Å². The molecule has 3 rings (SSSR count). The van der Waals surface area contributed by atoms with Gasteiger partial charge in [0.05, 0.1) is 16.7 Å². The van der Waals surface area contributed by atoms with Crippen molar-refractivity contribution >= 4 is 15.9 Å². The Bertz CT molecular complexity index is 482. The van der Waals surface area contributed by atoms with Crippen LogP contribution in [0.4, 0.5) is 4.39 Å². The van der Waals surface area contributed by atoms with Gasteiger partial charge in [-0.05, 0) is 54.2 Å². The van der Waals surface area contributed by atoms with Crippen LogP contribution in [0.5, 0.6) is 0 Å². The highest BCUT2D eigenvalue weighted by atomic mass is 79.9. The highest BCUT2D eigenvalue weighted by Crippen LogP contribution is 2.45. The zero-order chi connectivity index (χ0) is 14.1. The van der Waals surface area contributed by atoms with Gasteiger partial charge in [0.15, 0.2) is 0 Å². The Hall–Kier alpha value is -0.450. The first kappa shape index (κ1) is 14.5. The summed E-state index contributed by atoms with van der Waals surface area (Å²) in [5.41, 5.74) is 0.772. The van der Waals surface area contributed by atoms with E-state index in [0.29, 0.717) is 22.6 Å². The normalized spacial score (nSPS) is 29.9. The summed E-state index contributed by atoms with van der Waals surface area (Å²) in [5.74, 6) is 0.257. The Kier molecular flexibility index (Phi) is 4.43. The number of rotatable bonds is 5. The van der Waals surface area contributed by atoms with Gasteiger partial charge in [0, 0.05) is 17.5 Å². The third-order valence-corrected chi connectivity index (χ3v) is 5.12. The molecule has 2 heterocycles. The second-order valence-electron chi connectivity index (χ2n) is 5.85. The molecule has 0 spiro atoms. The molecule has 4 atom stereocenters. The molecule has 2 fully saturated rings. The first-order chi connectivity index (χ1) is 9.70. The third-order valence-electron chi connectivity index (χ3n) is 4.51. The van der Waals surface area contributed by atoms with Crippen LogP contribution in [0.2, 0.25) is 0 Å². The first-order valence-corrected chi connectivity index (χ1v) is 8.32. The van der Waals surface area contributed by atoms with Crippen molar-refractivity contribution in [1.29, 1.82) is 0 Å². The molecule has 20 heavy (non-hydrogen) atoms. The number of hydrogen-bond acceptors (Lipinski definition) is 2. The van der Waals surface area contributed by atoms with Crippen LogP contribution < -0.4 is 5.32 Å². The van der Waals surface area contributed by atoms with Crippen LogP contribution in [0, 0.1) is 11.7 Å². The first-order valence-electron chi connectivity index (χ1n) is 7.53. The molecule has 2 bridgehead atoms. The number of nitrogens with one attached hydrogen (secondary N) is 1. The fraction of sp³-hybridized carbons (Fsp3) is 0.625. The fourth-order valence-electron chi connectivity index (χ4n) is 3.58. The van der Waals surface area contributed by atoms with Crippen molar-refractivity contribution in [3.8, 4) is 0 Å². The smallest absolute Gasteiger partial charge is 0.142 e. The highest BCUT2D eigenvalue weighted by molar-refractivity contribution is 9.10. The molecule has 2 aliphatic rings. The van der Waals surface area contributed by atoms with Gasteiger partial charge in [0.25, 0.3) is 0 Å². The lowest BCUT2D eigenvalue weighted by Crippen LogP contribution is -2.34. The molecular formula is C16H21BrFNO.